The van der Waals surface area contributed by atoms with Gasteiger partial charge in [-0.1, -0.05) is 30.3 Å². The fourth-order valence-corrected chi connectivity index (χ4v) is 2.48. The summed E-state index contributed by atoms with van der Waals surface area (Å²) < 4.78 is 86.2. The first-order valence-electron chi connectivity index (χ1n) is 7.78. The average Bonchev–Trinajstić information content (AvgIpc) is 2.65. The molecule has 0 aromatic heterocycles. The summed E-state index contributed by atoms with van der Waals surface area (Å²) in [5.74, 6) is -7.62. The molecule has 0 radical (unpaired) electrons. The largest absolute Gasteiger partial charge is 0.429 e. The molecule has 0 saturated heterocycles. The number of benzene rings is 3. The van der Waals surface area contributed by atoms with Gasteiger partial charge in [-0.15, -0.1) is 0 Å². The predicted molar refractivity (Wildman–Crippen MR) is 88.1 cm³/mol. The van der Waals surface area contributed by atoms with E-state index in [2.05, 4.69) is 4.74 Å². The molecule has 144 valence electrons. The van der Waals surface area contributed by atoms with Crippen molar-refractivity contribution in [2.24, 2.45) is 0 Å². The van der Waals surface area contributed by atoms with Crippen molar-refractivity contribution < 1.29 is 35.9 Å². The summed E-state index contributed by atoms with van der Waals surface area (Å²) in [6.45, 7) is 0. The third kappa shape index (κ3) is 3.85. The summed E-state index contributed by atoms with van der Waals surface area (Å²) in [5, 5.41) is 0. The van der Waals surface area contributed by atoms with Gasteiger partial charge in [0.1, 0.15) is 17.9 Å². The summed E-state index contributed by atoms with van der Waals surface area (Å²) in [6, 6.07) is 9.21. The lowest BCUT2D eigenvalue weighted by Gasteiger charge is -2.19. The maximum Gasteiger partial charge on any atom is 0.429 e. The van der Waals surface area contributed by atoms with Crippen LogP contribution in [0.1, 0.15) is 15.9 Å². The van der Waals surface area contributed by atoms with E-state index < -0.39 is 40.7 Å². The maximum atomic E-state index is 14.3. The minimum atomic E-state index is -4.28. The molecule has 0 spiro atoms. The van der Waals surface area contributed by atoms with E-state index in [1.807, 2.05) is 0 Å². The van der Waals surface area contributed by atoms with Crippen molar-refractivity contribution in [1.29, 1.82) is 0 Å². The van der Waals surface area contributed by atoms with E-state index in [9.17, 15) is 31.1 Å². The predicted octanol–water partition coefficient (Wildman–Crippen LogP) is 5.85. The lowest BCUT2D eigenvalue weighted by atomic mass is 10.0. The van der Waals surface area contributed by atoms with Gasteiger partial charge in [-0.3, -0.25) is 4.79 Å². The summed E-state index contributed by atoms with van der Waals surface area (Å²) in [5.41, 5.74) is -0.0539. The quantitative estimate of drug-likeness (QED) is 0.307. The van der Waals surface area contributed by atoms with Crippen LogP contribution in [0.25, 0.3) is 11.1 Å². The first-order valence-corrected chi connectivity index (χ1v) is 7.78. The molecule has 28 heavy (non-hydrogen) atoms. The van der Waals surface area contributed by atoms with Crippen molar-refractivity contribution in [3.05, 3.63) is 89.0 Å². The summed E-state index contributed by atoms with van der Waals surface area (Å²) in [7, 11) is 0. The number of hydrogen-bond acceptors (Lipinski definition) is 2. The lowest BCUT2D eigenvalue weighted by molar-refractivity contribution is -0.187. The summed E-state index contributed by atoms with van der Waals surface area (Å²) in [6.07, 6.45) is -3.66. The van der Waals surface area contributed by atoms with E-state index in [1.54, 1.807) is 0 Å². The molecule has 0 heterocycles. The zero-order valence-corrected chi connectivity index (χ0v) is 13.9. The molecule has 0 aliphatic carbocycles. The number of halogens is 6. The van der Waals surface area contributed by atoms with Crippen LogP contribution in [0.3, 0.4) is 0 Å². The van der Waals surface area contributed by atoms with Gasteiger partial charge >= 0.3 is 6.11 Å². The van der Waals surface area contributed by atoms with Crippen molar-refractivity contribution in [2.45, 2.75) is 6.11 Å². The number of rotatable bonds is 5. The molecule has 8 heteroatoms. The highest BCUT2D eigenvalue weighted by molar-refractivity contribution is 5.77. The normalized spacial score (nSPS) is 11.4. The monoisotopic (exact) mass is 396 g/mol. The molecule has 3 aromatic carbocycles. The highest BCUT2D eigenvalue weighted by atomic mass is 19.3. The van der Waals surface area contributed by atoms with E-state index in [4.69, 9.17) is 0 Å². The first-order chi connectivity index (χ1) is 13.2. The van der Waals surface area contributed by atoms with Gasteiger partial charge in [0.15, 0.2) is 17.5 Å². The third-order valence-electron chi connectivity index (χ3n) is 3.87. The Morgan fingerprint density at radius 1 is 0.750 bits per heavy atom. The first kappa shape index (κ1) is 19.5. The highest BCUT2D eigenvalue weighted by Crippen LogP contribution is 2.35. The van der Waals surface area contributed by atoms with Crippen molar-refractivity contribution in [3.63, 3.8) is 0 Å². The number of ether oxygens (including phenoxy) is 1. The number of aldehydes is 1. The van der Waals surface area contributed by atoms with Crippen LogP contribution in [0.4, 0.5) is 26.3 Å². The second-order valence-electron chi connectivity index (χ2n) is 5.75. The van der Waals surface area contributed by atoms with E-state index in [0.29, 0.717) is 17.4 Å². The fourth-order valence-electron chi connectivity index (χ4n) is 2.48. The molecule has 0 saturated carbocycles. The Hall–Kier alpha value is -3.29. The molecule has 0 N–H and O–H groups in total. The smallest absolute Gasteiger partial charge is 0.429 e. The van der Waals surface area contributed by atoms with Gasteiger partial charge < -0.3 is 4.74 Å². The fraction of sp³-hybridized carbons (Fsp3) is 0.0500. The van der Waals surface area contributed by atoms with Crippen LogP contribution in [0.5, 0.6) is 5.75 Å². The number of carbonyl (C=O) groups is 1. The molecule has 3 rings (SSSR count). The Labute approximate surface area is 155 Å². The Bertz CT molecular complexity index is 1010. The molecule has 0 aliphatic rings. The van der Waals surface area contributed by atoms with Crippen LogP contribution in [0.2, 0.25) is 0 Å². The Morgan fingerprint density at radius 2 is 1.32 bits per heavy atom. The zero-order valence-electron chi connectivity index (χ0n) is 13.9. The van der Waals surface area contributed by atoms with Gasteiger partial charge in [-0.2, -0.15) is 8.78 Å². The van der Waals surface area contributed by atoms with Crippen LogP contribution in [-0.2, 0) is 6.11 Å². The van der Waals surface area contributed by atoms with E-state index in [1.165, 1.54) is 30.3 Å². The lowest BCUT2D eigenvalue weighted by Crippen LogP contribution is -2.23. The van der Waals surface area contributed by atoms with Gasteiger partial charge in [0.2, 0.25) is 0 Å². The second kappa shape index (κ2) is 7.38. The summed E-state index contributed by atoms with van der Waals surface area (Å²) >= 11 is 0. The SMILES string of the molecule is O=Cc1ccc(-c2ccc(C(F)(F)Oc3cc(F)c(F)c(F)c3)c(F)c2)cc1. The third-order valence-corrected chi connectivity index (χ3v) is 3.87. The molecule has 0 unspecified atom stereocenters. The standard InChI is InChI=1S/C20H10F6O2/c21-16-7-13(12-3-1-11(10-27)2-4-12)5-6-15(16)20(25,26)28-14-8-17(22)19(24)18(23)9-14/h1-10H. The second-order valence-corrected chi connectivity index (χ2v) is 5.75. The van der Waals surface area contributed by atoms with Crippen LogP contribution >= 0.6 is 0 Å². The van der Waals surface area contributed by atoms with Gasteiger partial charge in [0.05, 0.1) is 5.56 Å². The number of hydrogen-bond donors (Lipinski definition) is 0. The molecule has 2 nitrogen and oxygen atoms in total. The van der Waals surface area contributed by atoms with Gasteiger partial charge in [0, 0.05) is 17.7 Å². The van der Waals surface area contributed by atoms with E-state index in [0.717, 1.165) is 12.1 Å². The highest BCUT2D eigenvalue weighted by Gasteiger charge is 2.38. The van der Waals surface area contributed by atoms with Gasteiger partial charge in [0.25, 0.3) is 0 Å². The molecule has 0 fully saturated rings. The molecule has 0 amide bonds. The Balaban J connectivity index is 1.90. The number of alkyl halides is 2. The van der Waals surface area contributed by atoms with Crippen LogP contribution in [0.15, 0.2) is 54.6 Å². The molecular formula is C20H10F6O2. The topological polar surface area (TPSA) is 26.3 Å². The molecule has 0 aliphatic heterocycles. The van der Waals surface area contributed by atoms with Gasteiger partial charge in [-0.25, -0.2) is 17.6 Å². The van der Waals surface area contributed by atoms with Crippen molar-refractivity contribution >= 4 is 6.29 Å². The maximum absolute atomic E-state index is 14.3. The Morgan fingerprint density at radius 3 is 1.86 bits per heavy atom. The van der Waals surface area contributed by atoms with Crippen LogP contribution in [0, 0.1) is 23.3 Å². The molecule has 0 atom stereocenters. The molecular weight excluding hydrogens is 386 g/mol. The molecule has 0 bridgehead atoms. The van der Waals surface area contributed by atoms with Crippen LogP contribution < -0.4 is 4.74 Å². The van der Waals surface area contributed by atoms with Crippen molar-refractivity contribution in [3.8, 4) is 16.9 Å². The average molecular weight is 396 g/mol. The van der Waals surface area contributed by atoms with Crippen molar-refractivity contribution in [2.75, 3.05) is 0 Å². The minimum absolute atomic E-state index is 0.229. The number of carbonyl (C=O) groups excluding carboxylic acids is 1. The summed E-state index contributed by atoms with van der Waals surface area (Å²) in [4.78, 5) is 10.6. The molecule has 3 aromatic rings. The zero-order chi connectivity index (χ0) is 20.5. The van der Waals surface area contributed by atoms with Crippen LogP contribution in [-0.4, -0.2) is 6.29 Å². The van der Waals surface area contributed by atoms with E-state index >= 15 is 0 Å². The van der Waals surface area contributed by atoms with E-state index in [-0.39, 0.29) is 17.7 Å². The minimum Gasteiger partial charge on any atom is -0.429 e. The van der Waals surface area contributed by atoms with Crippen molar-refractivity contribution in [1.82, 2.24) is 0 Å². The Kier molecular flexibility index (Phi) is 5.13. The van der Waals surface area contributed by atoms with Gasteiger partial charge in [-0.05, 0) is 23.3 Å².